The molecule has 0 aliphatic rings. The van der Waals surface area contributed by atoms with Gasteiger partial charge in [-0.15, -0.1) is 0 Å². The molecule has 1 radical (unpaired) electrons. The Labute approximate surface area is 120 Å². The molecule has 0 saturated carbocycles. The molecule has 0 heterocycles. The molecule has 95 valence electrons. The second kappa shape index (κ2) is 5.91. The van der Waals surface area contributed by atoms with Gasteiger partial charge in [0.15, 0.2) is 0 Å². The maximum Gasteiger partial charge on any atom is 0.270 e. The van der Waals surface area contributed by atoms with Gasteiger partial charge >= 0.3 is 0 Å². The Morgan fingerprint density at radius 3 is 2.47 bits per heavy atom. The Kier molecular flexibility index (Phi) is 4.24. The first kappa shape index (κ1) is 13.6. The van der Waals surface area contributed by atoms with E-state index in [9.17, 15) is 10.1 Å². The highest BCUT2D eigenvalue weighted by molar-refractivity contribution is 7.99. The molecule has 0 bridgehead atoms. The van der Waals surface area contributed by atoms with Crippen LogP contribution in [0, 0.1) is 16.7 Å². The molecule has 2 aromatic rings. The maximum absolute atomic E-state index is 10.7. The molecular formula is C14H9ClNO2S. The van der Waals surface area contributed by atoms with Gasteiger partial charge in [0.05, 0.1) is 4.92 Å². The molecule has 2 rings (SSSR count). The van der Waals surface area contributed by atoms with Gasteiger partial charge in [-0.25, -0.2) is 0 Å². The lowest BCUT2D eigenvalue weighted by Gasteiger charge is -2.05. The Morgan fingerprint density at radius 2 is 1.89 bits per heavy atom. The number of benzene rings is 2. The number of nitrogens with zero attached hydrogens (tertiary/aromatic N) is 1. The average Bonchev–Trinajstić information content (AvgIpc) is 2.41. The lowest BCUT2D eigenvalue weighted by Crippen LogP contribution is -1.89. The van der Waals surface area contributed by atoms with Crippen molar-refractivity contribution in [1.82, 2.24) is 0 Å². The van der Waals surface area contributed by atoms with Crippen LogP contribution in [-0.2, 0) is 0 Å². The van der Waals surface area contributed by atoms with Crippen LogP contribution in [0.2, 0.25) is 5.02 Å². The summed E-state index contributed by atoms with van der Waals surface area (Å²) in [6.07, 6.45) is 1.37. The topological polar surface area (TPSA) is 43.1 Å². The fourth-order valence-electron chi connectivity index (χ4n) is 1.50. The highest BCUT2D eigenvalue weighted by Crippen LogP contribution is 2.33. The summed E-state index contributed by atoms with van der Waals surface area (Å²) in [6, 6.07) is 12.0. The van der Waals surface area contributed by atoms with Crippen molar-refractivity contribution in [3.8, 4) is 0 Å². The molecule has 19 heavy (non-hydrogen) atoms. The van der Waals surface area contributed by atoms with Crippen LogP contribution in [0.15, 0.2) is 52.3 Å². The largest absolute Gasteiger partial charge is 0.270 e. The summed E-state index contributed by atoms with van der Waals surface area (Å²) in [7, 11) is 0. The lowest BCUT2D eigenvalue weighted by atomic mass is 10.2. The van der Waals surface area contributed by atoms with Crippen LogP contribution in [-0.4, -0.2) is 4.92 Å². The average molecular weight is 291 g/mol. The molecule has 5 heteroatoms. The van der Waals surface area contributed by atoms with Crippen LogP contribution >= 0.6 is 23.4 Å². The van der Waals surface area contributed by atoms with E-state index in [0.717, 1.165) is 9.79 Å². The SMILES string of the molecule is [CH]=Cc1cc([N+](=O)[O-])ccc1Sc1ccc(Cl)cc1. The minimum absolute atomic E-state index is 0.0251. The van der Waals surface area contributed by atoms with E-state index < -0.39 is 4.92 Å². The predicted octanol–water partition coefficient (Wildman–Crippen LogP) is 4.85. The summed E-state index contributed by atoms with van der Waals surface area (Å²) < 4.78 is 0. The number of nitro benzene ring substituents is 1. The quantitative estimate of drug-likeness (QED) is 0.597. The van der Waals surface area contributed by atoms with E-state index in [0.29, 0.717) is 10.6 Å². The molecule has 0 aliphatic heterocycles. The zero-order valence-electron chi connectivity index (χ0n) is 9.75. The first-order valence-electron chi connectivity index (χ1n) is 5.37. The Hall–Kier alpha value is -1.78. The van der Waals surface area contributed by atoms with Crippen molar-refractivity contribution in [2.75, 3.05) is 0 Å². The molecule has 2 aromatic carbocycles. The zero-order valence-corrected chi connectivity index (χ0v) is 11.3. The number of hydrogen-bond acceptors (Lipinski definition) is 3. The maximum atomic E-state index is 10.7. The van der Waals surface area contributed by atoms with Crippen LogP contribution in [0.5, 0.6) is 0 Å². The van der Waals surface area contributed by atoms with Crippen LogP contribution in [0.3, 0.4) is 0 Å². The Morgan fingerprint density at radius 1 is 1.21 bits per heavy atom. The van der Waals surface area contributed by atoms with E-state index in [1.807, 2.05) is 12.1 Å². The van der Waals surface area contributed by atoms with Crippen molar-refractivity contribution < 1.29 is 4.92 Å². The van der Waals surface area contributed by atoms with Crippen LogP contribution in [0.25, 0.3) is 6.08 Å². The van der Waals surface area contributed by atoms with Gasteiger partial charge in [0, 0.05) is 26.9 Å². The van der Waals surface area contributed by atoms with E-state index in [-0.39, 0.29) is 5.69 Å². The van der Waals surface area contributed by atoms with Gasteiger partial charge < -0.3 is 0 Å². The molecule has 3 nitrogen and oxygen atoms in total. The van der Waals surface area contributed by atoms with Gasteiger partial charge in [-0.2, -0.15) is 0 Å². The second-order valence-electron chi connectivity index (χ2n) is 3.70. The van der Waals surface area contributed by atoms with E-state index in [2.05, 4.69) is 0 Å². The Bertz CT molecular complexity index is 626. The van der Waals surface area contributed by atoms with E-state index in [1.54, 1.807) is 18.2 Å². The standard InChI is InChI=1S/C14H9ClNO2S/c1-2-10-9-12(16(17)18)5-8-14(10)19-13-6-3-11(15)4-7-13/h1-9H. The third kappa shape index (κ3) is 3.36. The van der Waals surface area contributed by atoms with Crippen molar-refractivity contribution in [2.45, 2.75) is 9.79 Å². The third-order valence-electron chi connectivity index (χ3n) is 2.43. The number of nitro groups is 1. The number of non-ortho nitro benzene ring substituents is 1. The van der Waals surface area contributed by atoms with Crippen LogP contribution in [0.4, 0.5) is 5.69 Å². The second-order valence-corrected chi connectivity index (χ2v) is 5.25. The molecule has 0 fully saturated rings. The first-order chi connectivity index (χ1) is 9.10. The minimum Gasteiger partial charge on any atom is -0.258 e. The molecule has 0 aromatic heterocycles. The van der Waals surface area contributed by atoms with E-state index in [4.69, 9.17) is 18.2 Å². The number of halogens is 1. The van der Waals surface area contributed by atoms with E-state index in [1.165, 1.54) is 30.0 Å². The van der Waals surface area contributed by atoms with Crippen LogP contribution < -0.4 is 0 Å². The summed E-state index contributed by atoms with van der Waals surface area (Å²) >= 11 is 7.29. The number of hydrogen-bond donors (Lipinski definition) is 0. The highest BCUT2D eigenvalue weighted by atomic mass is 35.5. The van der Waals surface area contributed by atoms with Gasteiger partial charge in [0.2, 0.25) is 0 Å². The molecule has 0 unspecified atom stereocenters. The highest BCUT2D eigenvalue weighted by Gasteiger charge is 2.09. The van der Waals surface area contributed by atoms with Gasteiger partial charge in [-0.05, 0) is 35.9 Å². The van der Waals surface area contributed by atoms with Crippen molar-refractivity contribution in [3.63, 3.8) is 0 Å². The fraction of sp³-hybridized carbons (Fsp3) is 0. The van der Waals surface area contributed by atoms with Gasteiger partial charge in [0.25, 0.3) is 5.69 Å². The molecule has 0 N–H and O–H groups in total. The zero-order chi connectivity index (χ0) is 13.8. The van der Waals surface area contributed by atoms with Crippen molar-refractivity contribution in [2.24, 2.45) is 0 Å². The molecule has 0 spiro atoms. The van der Waals surface area contributed by atoms with Gasteiger partial charge in [-0.3, -0.25) is 10.1 Å². The molecular weight excluding hydrogens is 282 g/mol. The predicted molar refractivity (Wildman–Crippen MR) is 77.4 cm³/mol. The number of rotatable bonds is 4. The molecule has 0 amide bonds. The summed E-state index contributed by atoms with van der Waals surface area (Å²) in [5.74, 6) is 0. The van der Waals surface area contributed by atoms with Gasteiger partial charge in [0.1, 0.15) is 0 Å². The smallest absolute Gasteiger partial charge is 0.258 e. The normalized spacial score (nSPS) is 10.2. The molecule has 0 atom stereocenters. The van der Waals surface area contributed by atoms with Crippen molar-refractivity contribution in [1.29, 1.82) is 0 Å². The fourth-order valence-corrected chi connectivity index (χ4v) is 2.54. The lowest BCUT2D eigenvalue weighted by molar-refractivity contribution is -0.384. The monoisotopic (exact) mass is 290 g/mol. The van der Waals surface area contributed by atoms with Crippen molar-refractivity contribution >= 4 is 35.1 Å². The third-order valence-corrected chi connectivity index (χ3v) is 3.78. The minimum atomic E-state index is -0.441. The first-order valence-corrected chi connectivity index (χ1v) is 6.56. The molecule has 0 aliphatic carbocycles. The molecule has 0 saturated heterocycles. The summed E-state index contributed by atoms with van der Waals surface area (Å²) in [5, 5.41) is 11.4. The Balaban J connectivity index is 2.32. The summed E-state index contributed by atoms with van der Waals surface area (Å²) in [4.78, 5) is 12.1. The summed E-state index contributed by atoms with van der Waals surface area (Å²) in [6.45, 7) is 5.52. The van der Waals surface area contributed by atoms with E-state index >= 15 is 0 Å². The summed E-state index contributed by atoms with van der Waals surface area (Å²) in [5.41, 5.74) is 0.659. The van der Waals surface area contributed by atoms with Gasteiger partial charge in [-0.1, -0.05) is 36.0 Å². The van der Waals surface area contributed by atoms with Crippen LogP contribution in [0.1, 0.15) is 5.56 Å². The van der Waals surface area contributed by atoms with Crippen molar-refractivity contribution in [3.05, 3.63) is 69.7 Å².